The second-order valence-corrected chi connectivity index (χ2v) is 10.7. The minimum Gasteiger partial charge on any atom is -0.387 e. The van der Waals surface area contributed by atoms with Gasteiger partial charge in [-0.25, -0.2) is 0 Å². The van der Waals surface area contributed by atoms with Gasteiger partial charge in [0.1, 0.15) is 0 Å². The van der Waals surface area contributed by atoms with Crippen LogP contribution < -0.4 is 10.6 Å². The summed E-state index contributed by atoms with van der Waals surface area (Å²) >= 11 is 0. The molecule has 0 unspecified atom stereocenters. The van der Waals surface area contributed by atoms with E-state index in [9.17, 15) is 9.59 Å². The third-order valence-electron chi connectivity index (χ3n) is 8.01. The average molecular weight is 371 g/mol. The standard InChI is InChI=1S/C23H34N2O2/c1-21(2,3)25-20(27)18-7-6-16-15-13-24-19-12-14(26)8-10-23(19,5)17(15)9-11-22(16,18)4/h8,10,12,15-18,24H,6-7,9,11,13H2,1-5H3,(H,25,27)/t15-,16-,17-,18+,22-,23+/m0/s1. The summed E-state index contributed by atoms with van der Waals surface area (Å²) in [7, 11) is 0. The molecule has 2 saturated carbocycles. The summed E-state index contributed by atoms with van der Waals surface area (Å²) < 4.78 is 0. The van der Waals surface area contributed by atoms with Crippen molar-refractivity contribution in [2.45, 2.75) is 65.8 Å². The summed E-state index contributed by atoms with van der Waals surface area (Å²) in [4.78, 5) is 24.9. The Kier molecular flexibility index (Phi) is 4.14. The van der Waals surface area contributed by atoms with Crippen molar-refractivity contribution >= 4 is 11.7 Å². The Morgan fingerprint density at radius 2 is 1.93 bits per heavy atom. The third-order valence-corrected chi connectivity index (χ3v) is 8.01. The van der Waals surface area contributed by atoms with Crippen molar-refractivity contribution < 1.29 is 9.59 Å². The number of piperidine rings is 1. The summed E-state index contributed by atoms with van der Waals surface area (Å²) in [5.41, 5.74) is 0.940. The van der Waals surface area contributed by atoms with Crippen LogP contribution in [0.15, 0.2) is 23.9 Å². The van der Waals surface area contributed by atoms with Crippen LogP contribution in [0.5, 0.6) is 0 Å². The Morgan fingerprint density at radius 1 is 1.19 bits per heavy atom. The van der Waals surface area contributed by atoms with Gasteiger partial charge in [-0.3, -0.25) is 9.59 Å². The SMILES string of the molecule is CC(C)(C)NC(=O)[C@H]1CC[C@H]2[C@@H]3CNC4=CC(=O)C=C[C@]4(C)[C@H]3CC[C@]12C. The molecule has 1 saturated heterocycles. The second kappa shape index (κ2) is 5.96. The van der Waals surface area contributed by atoms with E-state index in [1.807, 2.05) is 0 Å². The maximum Gasteiger partial charge on any atom is 0.224 e. The summed E-state index contributed by atoms with van der Waals surface area (Å²) in [5.74, 6) is 2.14. The topological polar surface area (TPSA) is 58.2 Å². The number of amides is 1. The fourth-order valence-electron chi connectivity index (χ4n) is 6.69. The molecule has 0 spiro atoms. The average Bonchev–Trinajstić information content (AvgIpc) is 2.91. The van der Waals surface area contributed by atoms with Crippen molar-refractivity contribution in [3.05, 3.63) is 23.9 Å². The molecule has 1 heterocycles. The maximum atomic E-state index is 13.0. The minimum absolute atomic E-state index is 0.0656. The van der Waals surface area contributed by atoms with Crippen LogP contribution in [-0.4, -0.2) is 23.8 Å². The number of carbonyl (C=O) groups excluding carboxylic acids is 2. The molecule has 3 fully saturated rings. The Labute approximate surface area is 163 Å². The van der Waals surface area contributed by atoms with Crippen LogP contribution in [0.4, 0.5) is 0 Å². The smallest absolute Gasteiger partial charge is 0.224 e. The molecule has 148 valence electrons. The lowest BCUT2D eigenvalue weighted by Crippen LogP contribution is -2.57. The predicted molar refractivity (Wildman–Crippen MR) is 107 cm³/mol. The lowest BCUT2D eigenvalue weighted by atomic mass is 9.50. The molecule has 4 aliphatic rings. The molecular formula is C23H34N2O2. The van der Waals surface area contributed by atoms with Crippen LogP contribution in [0, 0.1) is 34.5 Å². The highest BCUT2D eigenvalue weighted by molar-refractivity contribution is 6.01. The largest absolute Gasteiger partial charge is 0.387 e. The first kappa shape index (κ1) is 18.8. The molecule has 3 aliphatic carbocycles. The minimum atomic E-state index is -0.179. The van der Waals surface area contributed by atoms with Gasteiger partial charge in [-0.2, -0.15) is 0 Å². The molecule has 4 nitrogen and oxygen atoms in total. The van der Waals surface area contributed by atoms with Gasteiger partial charge in [0.15, 0.2) is 5.78 Å². The van der Waals surface area contributed by atoms with Crippen LogP contribution >= 0.6 is 0 Å². The van der Waals surface area contributed by atoms with Gasteiger partial charge >= 0.3 is 0 Å². The third kappa shape index (κ3) is 2.87. The van der Waals surface area contributed by atoms with Gasteiger partial charge < -0.3 is 10.6 Å². The number of hydrogen-bond donors (Lipinski definition) is 2. The molecule has 0 aromatic carbocycles. The summed E-state index contributed by atoms with van der Waals surface area (Å²) in [6.07, 6.45) is 10.0. The highest BCUT2D eigenvalue weighted by Gasteiger charge is 2.60. The molecule has 4 rings (SSSR count). The molecule has 1 amide bonds. The Morgan fingerprint density at radius 3 is 2.63 bits per heavy atom. The molecule has 2 N–H and O–H groups in total. The summed E-state index contributed by atoms with van der Waals surface area (Å²) in [5, 5.41) is 6.83. The molecule has 0 radical (unpaired) electrons. The van der Waals surface area contributed by atoms with E-state index in [2.05, 4.69) is 51.3 Å². The van der Waals surface area contributed by atoms with Crippen LogP contribution in [-0.2, 0) is 9.59 Å². The highest BCUT2D eigenvalue weighted by Crippen LogP contribution is 2.63. The molecule has 0 aromatic rings. The van der Waals surface area contributed by atoms with Crippen molar-refractivity contribution in [1.82, 2.24) is 10.6 Å². The summed E-state index contributed by atoms with van der Waals surface area (Å²) in [6.45, 7) is 11.8. The first-order valence-electron chi connectivity index (χ1n) is 10.6. The first-order valence-corrected chi connectivity index (χ1v) is 10.6. The van der Waals surface area contributed by atoms with Crippen LogP contribution in [0.25, 0.3) is 0 Å². The first-order chi connectivity index (χ1) is 12.5. The number of fused-ring (bicyclic) bond motifs is 5. The number of rotatable bonds is 1. The van der Waals surface area contributed by atoms with Crippen LogP contribution in [0.3, 0.4) is 0 Å². The predicted octanol–water partition coefficient (Wildman–Crippen LogP) is 3.59. The normalized spacial score (nSPS) is 43.1. The van der Waals surface area contributed by atoms with Gasteiger partial charge in [-0.1, -0.05) is 19.9 Å². The maximum absolute atomic E-state index is 13.0. The van der Waals surface area contributed by atoms with E-state index in [1.54, 1.807) is 12.2 Å². The number of carbonyl (C=O) groups is 2. The molecule has 1 aliphatic heterocycles. The molecule has 27 heavy (non-hydrogen) atoms. The van der Waals surface area contributed by atoms with Gasteiger partial charge in [-0.05, 0) is 75.7 Å². The highest BCUT2D eigenvalue weighted by atomic mass is 16.2. The number of ketones is 1. The van der Waals surface area contributed by atoms with E-state index in [0.29, 0.717) is 17.8 Å². The monoisotopic (exact) mass is 370 g/mol. The fraction of sp³-hybridized carbons (Fsp3) is 0.739. The molecule has 4 heteroatoms. The molecular weight excluding hydrogens is 336 g/mol. The van der Waals surface area contributed by atoms with E-state index >= 15 is 0 Å². The Hall–Kier alpha value is -1.58. The zero-order valence-electron chi connectivity index (χ0n) is 17.4. The van der Waals surface area contributed by atoms with E-state index in [-0.39, 0.29) is 34.0 Å². The Bertz CT molecular complexity index is 731. The zero-order valence-corrected chi connectivity index (χ0v) is 17.4. The van der Waals surface area contributed by atoms with Crippen molar-refractivity contribution in [3.8, 4) is 0 Å². The number of nitrogens with one attached hydrogen (secondary N) is 2. The molecule has 0 aromatic heterocycles. The van der Waals surface area contributed by atoms with E-state index < -0.39 is 0 Å². The van der Waals surface area contributed by atoms with E-state index in [4.69, 9.17) is 0 Å². The van der Waals surface area contributed by atoms with Crippen LogP contribution in [0.1, 0.15) is 60.3 Å². The van der Waals surface area contributed by atoms with Gasteiger partial charge in [0, 0.05) is 35.2 Å². The van der Waals surface area contributed by atoms with Crippen molar-refractivity contribution in [2.75, 3.05) is 6.54 Å². The second-order valence-electron chi connectivity index (χ2n) is 10.7. The summed E-state index contributed by atoms with van der Waals surface area (Å²) in [6, 6.07) is 0. The van der Waals surface area contributed by atoms with Gasteiger partial charge in [-0.15, -0.1) is 0 Å². The zero-order chi connectivity index (χ0) is 19.6. The molecule has 0 bridgehead atoms. The van der Waals surface area contributed by atoms with E-state index in [1.165, 1.54) is 0 Å². The van der Waals surface area contributed by atoms with Gasteiger partial charge in [0.2, 0.25) is 5.91 Å². The van der Waals surface area contributed by atoms with Crippen LogP contribution in [0.2, 0.25) is 0 Å². The lowest BCUT2D eigenvalue weighted by molar-refractivity contribution is -0.133. The van der Waals surface area contributed by atoms with Gasteiger partial charge in [0.05, 0.1) is 0 Å². The van der Waals surface area contributed by atoms with Crippen molar-refractivity contribution in [2.24, 2.45) is 34.5 Å². The van der Waals surface area contributed by atoms with Crippen molar-refractivity contribution in [1.29, 1.82) is 0 Å². The Balaban J connectivity index is 1.59. The van der Waals surface area contributed by atoms with E-state index in [0.717, 1.165) is 37.9 Å². The lowest BCUT2D eigenvalue weighted by Gasteiger charge is -2.57. The van der Waals surface area contributed by atoms with Crippen molar-refractivity contribution in [3.63, 3.8) is 0 Å². The van der Waals surface area contributed by atoms with Gasteiger partial charge in [0.25, 0.3) is 0 Å². The number of hydrogen-bond acceptors (Lipinski definition) is 3. The quantitative estimate of drug-likeness (QED) is 0.741. The number of allylic oxidation sites excluding steroid dienone is 3. The fourth-order valence-corrected chi connectivity index (χ4v) is 6.69. The molecule has 6 atom stereocenters.